The highest BCUT2D eigenvalue weighted by Crippen LogP contribution is 2.38. The minimum absolute atomic E-state index is 0.00588. The quantitative estimate of drug-likeness (QED) is 0.0110. The Morgan fingerprint density at radius 1 is 0.756 bits per heavy atom. The fourth-order valence-electron chi connectivity index (χ4n) is 7.57. The molecule has 0 aliphatic carbocycles. The van der Waals surface area contributed by atoms with Crippen molar-refractivity contribution < 1.29 is 77.0 Å². The van der Waals surface area contributed by atoms with E-state index in [2.05, 4.69) is 52.4 Å². The van der Waals surface area contributed by atoms with Crippen molar-refractivity contribution in [3.63, 3.8) is 0 Å². The number of phenolic OH excluding ortho intramolecular Hbond substituents is 2. The number of hydrogen-bond donors (Lipinski definition) is 13. The van der Waals surface area contributed by atoms with Crippen molar-refractivity contribution in [3.05, 3.63) is 71.5 Å². The zero-order valence-corrected chi connectivity index (χ0v) is 44.1. The number of benzene rings is 2. The molecule has 6 amide bonds. The van der Waals surface area contributed by atoms with Crippen molar-refractivity contribution in [2.24, 2.45) is 5.14 Å². The molecule has 32 heteroatoms. The van der Waals surface area contributed by atoms with Crippen LogP contribution >= 0.6 is 11.3 Å². The molecule has 4 rings (SSSR count). The van der Waals surface area contributed by atoms with E-state index in [9.17, 15) is 67.5 Å². The summed E-state index contributed by atoms with van der Waals surface area (Å²) >= 11 is 0.613. The number of aryl methyl sites for hydroxylation is 2. The average molecular weight is 1130 g/mol. The molecule has 2 radical (unpaired) electrons. The predicted octanol–water partition coefficient (Wildman–Crippen LogP) is -1.17. The van der Waals surface area contributed by atoms with Crippen LogP contribution < -0.4 is 42.3 Å². The molecule has 4 atom stereocenters. The number of nitrogens with two attached hydrogens (primary N) is 1. The van der Waals surface area contributed by atoms with Crippen LogP contribution in [0.3, 0.4) is 0 Å². The van der Waals surface area contributed by atoms with E-state index in [1.54, 1.807) is 35.1 Å². The van der Waals surface area contributed by atoms with Crippen LogP contribution in [0.1, 0.15) is 81.5 Å². The maximum Gasteiger partial charge on any atom is 0.326 e. The lowest BCUT2D eigenvalue weighted by atomic mass is 9.73. The molecule has 0 bridgehead atoms. The van der Waals surface area contributed by atoms with E-state index in [0.29, 0.717) is 49.3 Å². The summed E-state index contributed by atoms with van der Waals surface area (Å²) in [4.78, 5) is 88.1. The van der Waals surface area contributed by atoms with Crippen LogP contribution in [0.15, 0.2) is 59.1 Å². The zero-order chi connectivity index (χ0) is 57.3. The number of aliphatic hydroxyl groups excluding tert-OH is 1. The number of carbonyl (C=O) groups is 7. The molecule has 0 fully saturated rings. The van der Waals surface area contributed by atoms with Gasteiger partial charge >= 0.3 is 18.0 Å². The highest BCUT2D eigenvalue weighted by Gasteiger charge is 2.33. The Labute approximate surface area is 453 Å². The maximum absolute atomic E-state index is 13.4. The van der Waals surface area contributed by atoms with Gasteiger partial charge in [-0.15, -0.1) is 15.3 Å². The van der Waals surface area contributed by atoms with Crippen molar-refractivity contribution in [2.45, 2.75) is 112 Å². The predicted molar refractivity (Wildman–Crippen MR) is 277 cm³/mol. The summed E-state index contributed by atoms with van der Waals surface area (Å²) in [6.45, 7) is 2.95. The fraction of sp³-hybridized carbons (Fsp3) is 0.500. The van der Waals surface area contributed by atoms with Crippen molar-refractivity contribution in [2.75, 3.05) is 44.8 Å². The lowest BCUT2D eigenvalue weighted by molar-refractivity contribution is -0.145. The summed E-state index contributed by atoms with van der Waals surface area (Å²) in [5, 5.41) is 87.6. The largest absolute Gasteiger partial charge is 0.508 e. The number of amides is 6. The smallest absolute Gasteiger partial charge is 0.326 e. The van der Waals surface area contributed by atoms with Gasteiger partial charge in [0.25, 0.3) is 10.0 Å². The van der Waals surface area contributed by atoms with Gasteiger partial charge in [0, 0.05) is 37.7 Å². The third-order valence-electron chi connectivity index (χ3n) is 11.7. The Bertz CT molecular complexity index is 2670. The second-order valence-corrected chi connectivity index (χ2v) is 20.4. The number of carboxylic acids is 2. The number of hydrogen-bond acceptors (Lipinski definition) is 20. The maximum atomic E-state index is 13.4. The zero-order valence-electron chi connectivity index (χ0n) is 42.5. The number of aliphatic hydroxyl groups is 1. The van der Waals surface area contributed by atoms with Gasteiger partial charge in [-0.3, -0.25) is 38.8 Å². The molecular weight excluding hydrogens is 1070 g/mol. The number of unbranched alkanes of at least 4 members (excludes halogenated alkanes) is 1. The molecule has 29 nitrogen and oxygen atoms in total. The molecular formula is C46H64BN13O16S2. The van der Waals surface area contributed by atoms with Crippen LogP contribution in [0.25, 0.3) is 0 Å². The Morgan fingerprint density at radius 3 is 1.90 bits per heavy atom. The number of ether oxygens (including phenoxy) is 2. The SMILES string of the molecule is [B]NC(=O)NCCOCCOCCNC(=O)[C@H](CCCCn1cc(CCCC(=O)Nc2nnc(S(N)(=O)=O)s2)nn1)NC(=O)C[C@H](NC(=O)C[C@H](NC(O)CCC(C)(c1ccc(O)cc1)c1ccc(O)cc1)C(=O)O)C(=O)O. The topological polar surface area (TPSA) is 440 Å². The van der Waals surface area contributed by atoms with Crippen molar-refractivity contribution in [1.29, 1.82) is 0 Å². The first-order valence-electron chi connectivity index (χ1n) is 24.4. The number of phenols is 2. The minimum atomic E-state index is -4.07. The Hall–Kier alpha value is -7.36. The van der Waals surface area contributed by atoms with Gasteiger partial charge in [-0.2, -0.15) is 0 Å². The number of urea groups is 1. The molecule has 0 spiro atoms. The Balaban J connectivity index is 1.30. The van der Waals surface area contributed by atoms with Gasteiger partial charge in [0.15, 0.2) is 0 Å². The van der Waals surface area contributed by atoms with Crippen LogP contribution in [0, 0.1) is 0 Å². The van der Waals surface area contributed by atoms with Gasteiger partial charge in [-0.25, -0.2) is 18.4 Å². The molecule has 4 aromatic rings. The van der Waals surface area contributed by atoms with Gasteiger partial charge in [0.2, 0.25) is 41.1 Å². The third kappa shape index (κ3) is 22.3. The number of aliphatic carboxylic acids is 2. The minimum Gasteiger partial charge on any atom is -0.508 e. The summed E-state index contributed by atoms with van der Waals surface area (Å²) in [6.07, 6.45) is 0.262. The Kier molecular flexibility index (Phi) is 25.7. The number of anilines is 1. The number of nitrogens with one attached hydrogen (secondary N) is 7. The van der Waals surface area contributed by atoms with E-state index in [1.807, 2.05) is 12.2 Å². The summed E-state index contributed by atoms with van der Waals surface area (Å²) in [6, 6.07) is 7.39. The number of primary sulfonamides is 1. The summed E-state index contributed by atoms with van der Waals surface area (Å²) in [7, 11) is 0.925. The molecule has 2 aromatic heterocycles. The molecule has 0 aliphatic rings. The lowest BCUT2D eigenvalue weighted by Crippen LogP contribution is -2.51. The van der Waals surface area contributed by atoms with Crippen molar-refractivity contribution in [1.82, 2.24) is 57.0 Å². The Morgan fingerprint density at radius 2 is 1.33 bits per heavy atom. The summed E-state index contributed by atoms with van der Waals surface area (Å²) in [5.74, 6) is -6.20. The van der Waals surface area contributed by atoms with Crippen LogP contribution in [0.5, 0.6) is 11.5 Å². The lowest BCUT2D eigenvalue weighted by Gasteiger charge is -2.32. The average Bonchev–Trinajstić information content (AvgIpc) is 4.08. The normalized spacial score (nSPS) is 13.1. The molecule has 14 N–H and O–H groups in total. The van der Waals surface area contributed by atoms with Gasteiger partial charge in [-0.1, -0.05) is 47.7 Å². The van der Waals surface area contributed by atoms with E-state index in [4.69, 9.17) is 22.6 Å². The first-order chi connectivity index (χ1) is 37.1. The number of sulfonamides is 1. The molecule has 424 valence electrons. The standard InChI is InChI=1S/C46H64BN13O16S2/c1-46(28-8-12-31(61)13-9-28,29-10-14-32(62)15-11-29)17-16-37(64)52-34(41(68)69)25-39(66)53-35(42(70)71)26-38(65)51-33(40(67)49-18-21-75-23-24-76-22-19-50-43(72)55-47)6-2-3-20-60-27-30(56-59-60)5-4-7-36(63)54-44-57-58-45(77-44)78(48,73)74/h8-15,27,33-35,37,52,61-62,64H,2-7,16-26H2,1H3,(H,49,67)(H,51,65)(H,53,66)(H,68,69)(H,70,71)(H2,48,73,74)(H2,50,55,72)(H,54,57,63)/t33-,34-,35-,37?/m0/s1. The molecule has 0 aliphatic heterocycles. The highest BCUT2D eigenvalue weighted by atomic mass is 32.2. The first kappa shape index (κ1) is 63.2. The molecule has 78 heavy (non-hydrogen) atoms. The van der Waals surface area contributed by atoms with E-state index in [-0.39, 0.29) is 81.8 Å². The number of nitrogens with zero attached hydrogens (tertiary/aromatic N) is 5. The number of aromatic hydroxyl groups is 2. The second kappa shape index (κ2) is 31.8. The second-order valence-electron chi connectivity index (χ2n) is 17.7. The first-order valence-corrected chi connectivity index (χ1v) is 26.7. The van der Waals surface area contributed by atoms with E-state index in [0.717, 1.165) is 11.1 Å². The van der Waals surface area contributed by atoms with Gasteiger partial charge in [0.1, 0.15) is 35.9 Å². The van der Waals surface area contributed by atoms with Crippen molar-refractivity contribution >= 4 is 76.1 Å². The monoisotopic (exact) mass is 1130 g/mol. The molecule has 2 heterocycles. The van der Waals surface area contributed by atoms with E-state index in [1.165, 1.54) is 24.3 Å². The van der Waals surface area contributed by atoms with E-state index >= 15 is 0 Å². The molecule has 1 unspecified atom stereocenters. The van der Waals surface area contributed by atoms with Crippen LogP contribution in [-0.2, 0) is 66.6 Å². The molecule has 0 saturated carbocycles. The number of aromatic nitrogens is 5. The fourth-order valence-corrected chi connectivity index (χ4v) is 8.92. The summed E-state index contributed by atoms with van der Waals surface area (Å²) in [5.41, 5.74) is 1.25. The van der Waals surface area contributed by atoms with Gasteiger partial charge in [0.05, 0.1) is 45.0 Å². The highest BCUT2D eigenvalue weighted by molar-refractivity contribution is 7.91. The van der Waals surface area contributed by atoms with Crippen LogP contribution in [0.4, 0.5) is 9.93 Å². The van der Waals surface area contributed by atoms with Crippen LogP contribution in [-0.4, -0.2) is 173 Å². The number of rotatable bonds is 36. The molecule has 2 aromatic carbocycles. The molecule has 0 saturated heterocycles. The van der Waals surface area contributed by atoms with Gasteiger partial charge < -0.3 is 66.8 Å². The number of carbonyl (C=O) groups excluding carboxylic acids is 5. The van der Waals surface area contributed by atoms with Crippen molar-refractivity contribution in [3.8, 4) is 11.5 Å². The third-order valence-corrected chi connectivity index (χ3v) is 13.9. The van der Waals surface area contributed by atoms with Gasteiger partial charge in [-0.05, 0) is 80.3 Å². The summed E-state index contributed by atoms with van der Waals surface area (Å²) < 4.78 is 34.8. The van der Waals surface area contributed by atoms with Crippen LogP contribution in [0.2, 0.25) is 0 Å². The number of carboxylic acid groups (broad SMARTS) is 2. The van der Waals surface area contributed by atoms with E-state index < -0.39 is 98.6 Å².